The molecule has 0 amide bonds. The lowest BCUT2D eigenvalue weighted by molar-refractivity contribution is -0.132. The quantitative estimate of drug-likeness (QED) is 0.598. The molecule has 1 aliphatic rings. The maximum absolute atomic E-state index is 12.0. The lowest BCUT2D eigenvalue weighted by Gasteiger charge is -2.13. The Morgan fingerprint density at radius 3 is 2.17 bits per heavy atom. The van der Waals surface area contributed by atoms with Gasteiger partial charge in [0.05, 0.1) is 0 Å². The predicted molar refractivity (Wildman–Crippen MR) is 42.2 cm³/mol. The standard InChI is InChI=1S/C8H12ClF3/c1-7(2)4-5(7)3-6(9)8(10,11)12/h5-6H,3-4H2,1-2H3. The average Bonchev–Trinajstić information content (AvgIpc) is 2.36. The Morgan fingerprint density at radius 2 is 1.92 bits per heavy atom. The van der Waals surface area contributed by atoms with Gasteiger partial charge in [-0.05, 0) is 24.2 Å². The molecule has 2 unspecified atom stereocenters. The zero-order valence-electron chi connectivity index (χ0n) is 7.08. The molecule has 0 spiro atoms. The Hall–Kier alpha value is 0.0800. The van der Waals surface area contributed by atoms with Crippen LogP contribution in [0, 0.1) is 11.3 Å². The summed E-state index contributed by atoms with van der Waals surface area (Å²) in [4.78, 5) is 0. The van der Waals surface area contributed by atoms with Crippen LogP contribution in [0.15, 0.2) is 0 Å². The van der Waals surface area contributed by atoms with Gasteiger partial charge in [-0.2, -0.15) is 13.2 Å². The summed E-state index contributed by atoms with van der Waals surface area (Å²) in [5, 5.41) is -1.66. The van der Waals surface area contributed by atoms with Crippen molar-refractivity contribution >= 4 is 11.6 Å². The van der Waals surface area contributed by atoms with Crippen LogP contribution in [0.3, 0.4) is 0 Å². The Balaban J connectivity index is 2.34. The molecule has 1 rings (SSSR count). The molecular weight excluding hydrogens is 189 g/mol. The molecule has 0 bridgehead atoms. The second kappa shape index (κ2) is 2.79. The van der Waals surface area contributed by atoms with Gasteiger partial charge in [0.1, 0.15) is 5.38 Å². The first kappa shape index (κ1) is 10.2. The van der Waals surface area contributed by atoms with E-state index in [2.05, 4.69) is 0 Å². The van der Waals surface area contributed by atoms with Crippen LogP contribution < -0.4 is 0 Å². The molecule has 0 nitrogen and oxygen atoms in total. The molecule has 0 heterocycles. The molecule has 2 atom stereocenters. The first-order valence-electron chi connectivity index (χ1n) is 3.94. The van der Waals surface area contributed by atoms with E-state index in [1.165, 1.54) is 0 Å². The normalized spacial score (nSPS) is 30.0. The molecule has 0 aliphatic heterocycles. The lowest BCUT2D eigenvalue weighted by atomic mass is 10.1. The van der Waals surface area contributed by atoms with Crippen LogP contribution in [0.2, 0.25) is 0 Å². The zero-order valence-corrected chi connectivity index (χ0v) is 7.84. The van der Waals surface area contributed by atoms with Gasteiger partial charge in [-0.1, -0.05) is 13.8 Å². The van der Waals surface area contributed by atoms with Gasteiger partial charge in [-0.15, -0.1) is 11.6 Å². The molecule has 0 radical (unpaired) electrons. The second-order valence-electron chi connectivity index (χ2n) is 4.13. The Kier molecular flexibility index (Phi) is 2.36. The van der Waals surface area contributed by atoms with E-state index in [-0.39, 0.29) is 17.8 Å². The number of rotatable bonds is 2. The van der Waals surface area contributed by atoms with Crippen molar-refractivity contribution < 1.29 is 13.2 Å². The average molecular weight is 201 g/mol. The van der Waals surface area contributed by atoms with Crippen LogP contribution >= 0.6 is 11.6 Å². The predicted octanol–water partition coefficient (Wildman–Crippen LogP) is 3.59. The van der Waals surface area contributed by atoms with Gasteiger partial charge in [0, 0.05) is 0 Å². The molecule has 1 saturated carbocycles. The maximum Gasteiger partial charge on any atom is 0.404 e. The fraction of sp³-hybridized carbons (Fsp3) is 1.00. The van der Waals surface area contributed by atoms with E-state index in [4.69, 9.17) is 11.6 Å². The summed E-state index contributed by atoms with van der Waals surface area (Å²) in [6.45, 7) is 3.94. The molecule has 1 aliphatic carbocycles. The zero-order chi connectivity index (χ0) is 9.57. The monoisotopic (exact) mass is 200 g/mol. The molecule has 0 aromatic rings. The fourth-order valence-corrected chi connectivity index (χ4v) is 1.58. The third kappa shape index (κ3) is 2.28. The van der Waals surface area contributed by atoms with Crippen LogP contribution in [-0.4, -0.2) is 11.6 Å². The first-order valence-corrected chi connectivity index (χ1v) is 4.38. The van der Waals surface area contributed by atoms with E-state index < -0.39 is 11.6 Å². The highest BCUT2D eigenvalue weighted by Gasteiger charge is 2.50. The summed E-state index contributed by atoms with van der Waals surface area (Å²) in [7, 11) is 0. The van der Waals surface area contributed by atoms with Crippen molar-refractivity contribution in [2.75, 3.05) is 0 Å². The maximum atomic E-state index is 12.0. The Morgan fingerprint density at radius 1 is 1.50 bits per heavy atom. The van der Waals surface area contributed by atoms with Crippen LogP contribution in [0.4, 0.5) is 13.2 Å². The summed E-state index contributed by atoms with van der Waals surface area (Å²) in [6.07, 6.45) is -3.30. The van der Waals surface area contributed by atoms with E-state index in [9.17, 15) is 13.2 Å². The highest BCUT2D eigenvalue weighted by Crippen LogP contribution is 2.55. The first-order chi connectivity index (χ1) is 5.23. The third-order valence-corrected chi connectivity index (χ3v) is 2.99. The summed E-state index contributed by atoms with van der Waals surface area (Å²) in [5.74, 6) is 0.154. The van der Waals surface area contributed by atoms with Crippen LogP contribution in [0.1, 0.15) is 26.7 Å². The van der Waals surface area contributed by atoms with E-state index in [1.54, 1.807) is 0 Å². The largest absolute Gasteiger partial charge is 0.404 e. The summed E-state index contributed by atoms with van der Waals surface area (Å²) in [5.41, 5.74) is 0.0817. The lowest BCUT2D eigenvalue weighted by Crippen LogP contribution is -2.24. The third-order valence-electron chi connectivity index (χ3n) is 2.56. The summed E-state index contributed by atoms with van der Waals surface area (Å²) < 4.78 is 35.9. The number of halogens is 4. The van der Waals surface area contributed by atoms with E-state index in [1.807, 2.05) is 13.8 Å². The Labute approximate surface area is 75.1 Å². The van der Waals surface area contributed by atoms with Gasteiger partial charge in [-0.25, -0.2) is 0 Å². The minimum Gasteiger partial charge on any atom is -0.169 e. The highest BCUT2D eigenvalue weighted by molar-refractivity contribution is 6.21. The number of alkyl halides is 4. The van der Waals surface area contributed by atoms with Crippen molar-refractivity contribution in [2.24, 2.45) is 11.3 Å². The molecule has 0 saturated heterocycles. The smallest absolute Gasteiger partial charge is 0.169 e. The molecule has 72 valence electrons. The minimum absolute atomic E-state index is 0.0675. The van der Waals surface area contributed by atoms with Crippen molar-refractivity contribution in [1.29, 1.82) is 0 Å². The number of hydrogen-bond acceptors (Lipinski definition) is 0. The van der Waals surface area contributed by atoms with Gasteiger partial charge in [0.2, 0.25) is 0 Å². The van der Waals surface area contributed by atoms with Crippen LogP contribution in [-0.2, 0) is 0 Å². The van der Waals surface area contributed by atoms with Crippen molar-refractivity contribution in [1.82, 2.24) is 0 Å². The SMILES string of the molecule is CC1(C)CC1CC(Cl)C(F)(F)F. The van der Waals surface area contributed by atoms with Gasteiger partial charge in [0.25, 0.3) is 0 Å². The van der Waals surface area contributed by atoms with Crippen molar-refractivity contribution in [3.8, 4) is 0 Å². The summed E-state index contributed by atoms with van der Waals surface area (Å²) in [6, 6.07) is 0. The molecule has 0 aromatic carbocycles. The van der Waals surface area contributed by atoms with E-state index in [0.717, 1.165) is 6.42 Å². The molecule has 1 fully saturated rings. The van der Waals surface area contributed by atoms with Crippen LogP contribution in [0.5, 0.6) is 0 Å². The van der Waals surface area contributed by atoms with Gasteiger partial charge in [0.15, 0.2) is 0 Å². The van der Waals surface area contributed by atoms with Crippen molar-refractivity contribution in [3.05, 3.63) is 0 Å². The topological polar surface area (TPSA) is 0 Å². The number of hydrogen-bond donors (Lipinski definition) is 0. The molecule has 12 heavy (non-hydrogen) atoms. The highest BCUT2D eigenvalue weighted by atomic mass is 35.5. The van der Waals surface area contributed by atoms with E-state index in [0.29, 0.717) is 0 Å². The fourth-order valence-electron chi connectivity index (χ4n) is 1.36. The van der Waals surface area contributed by atoms with Crippen LogP contribution in [0.25, 0.3) is 0 Å². The van der Waals surface area contributed by atoms with Gasteiger partial charge >= 0.3 is 6.18 Å². The molecular formula is C8H12ClF3. The van der Waals surface area contributed by atoms with Crippen molar-refractivity contribution in [2.45, 2.75) is 38.2 Å². The van der Waals surface area contributed by atoms with Crippen molar-refractivity contribution in [3.63, 3.8) is 0 Å². The van der Waals surface area contributed by atoms with Gasteiger partial charge < -0.3 is 0 Å². The summed E-state index contributed by atoms with van der Waals surface area (Å²) >= 11 is 5.19. The minimum atomic E-state index is -4.24. The molecule has 4 heteroatoms. The molecule has 0 N–H and O–H groups in total. The second-order valence-corrected chi connectivity index (χ2v) is 4.66. The van der Waals surface area contributed by atoms with E-state index >= 15 is 0 Å². The Bertz CT molecular complexity index is 174. The molecule has 0 aromatic heterocycles. The van der Waals surface area contributed by atoms with Gasteiger partial charge in [-0.3, -0.25) is 0 Å².